The van der Waals surface area contributed by atoms with E-state index in [-0.39, 0.29) is 17.2 Å². The Hall–Kier alpha value is -1.43. The Kier molecular flexibility index (Phi) is 4.71. The van der Waals surface area contributed by atoms with Gasteiger partial charge in [-0.1, -0.05) is 6.92 Å². The highest BCUT2D eigenvalue weighted by molar-refractivity contribution is 7.97. The summed E-state index contributed by atoms with van der Waals surface area (Å²) in [6.07, 6.45) is 4.62. The third-order valence-corrected chi connectivity index (χ3v) is 5.47. The number of thioether (sulfide) groups is 1. The Morgan fingerprint density at radius 3 is 2.87 bits per heavy atom. The molecular weight excluding hydrogens is 312 g/mol. The van der Waals surface area contributed by atoms with Gasteiger partial charge in [0.05, 0.1) is 11.2 Å². The van der Waals surface area contributed by atoms with Gasteiger partial charge >= 0.3 is 0 Å². The standard InChI is InChI=1S/C17H24N2O3S/c1-3-8-18-9-6-17(16(18)21)7-10-19(12-17)15(20)14-5-4-13(22-14)11-23-2/h4-5H,3,6-12H2,1-2H3. The number of carbonyl (C=O) groups is 2. The highest BCUT2D eigenvalue weighted by atomic mass is 32.2. The molecule has 3 heterocycles. The molecule has 0 bridgehead atoms. The lowest BCUT2D eigenvalue weighted by atomic mass is 9.85. The van der Waals surface area contributed by atoms with E-state index < -0.39 is 0 Å². The molecule has 0 N–H and O–H groups in total. The minimum atomic E-state index is -0.348. The summed E-state index contributed by atoms with van der Waals surface area (Å²) < 4.78 is 5.63. The van der Waals surface area contributed by atoms with E-state index in [1.807, 2.05) is 17.2 Å². The van der Waals surface area contributed by atoms with E-state index in [1.54, 1.807) is 22.7 Å². The Bertz CT molecular complexity index is 600. The van der Waals surface area contributed by atoms with Gasteiger partial charge in [-0.05, 0) is 37.7 Å². The normalized spacial score (nSPS) is 24.2. The number of amides is 2. The Morgan fingerprint density at radius 1 is 1.35 bits per heavy atom. The van der Waals surface area contributed by atoms with Crippen molar-refractivity contribution in [3.8, 4) is 0 Å². The Morgan fingerprint density at radius 2 is 2.13 bits per heavy atom. The van der Waals surface area contributed by atoms with Gasteiger partial charge in [-0.25, -0.2) is 0 Å². The van der Waals surface area contributed by atoms with Crippen LogP contribution in [0.25, 0.3) is 0 Å². The van der Waals surface area contributed by atoms with Crippen LogP contribution in [-0.2, 0) is 10.5 Å². The maximum Gasteiger partial charge on any atom is 0.289 e. The molecule has 6 heteroatoms. The number of furan rings is 1. The quantitative estimate of drug-likeness (QED) is 0.829. The van der Waals surface area contributed by atoms with Crippen LogP contribution in [0.1, 0.15) is 42.5 Å². The van der Waals surface area contributed by atoms with Crippen LogP contribution in [0.15, 0.2) is 16.5 Å². The van der Waals surface area contributed by atoms with Gasteiger partial charge in [0.25, 0.3) is 5.91 Å². The Balaban J connectivity index is 1.67. The summed E-state index contributed by atoms with van der Waals surface area (Å²) in [6, 6.07) is 3.61. The van der Waals surface area contributed by atoms with Crippen molar-refractivity contribution in [1.29, 1.82) is 0 Å². The molecule has 2 aliphatic rings. The molecule has 126 valence electrons. The van der Waals surface area contributed by atoms with Gasteiger partial charge in [-0.2, -0.15) is 11.8 Å². The molecule has 0 radical (unpaired) electrons. The van der Waals surface area contributed by atoms with E-state index in [2.05, 4.69) is 6.92 Å². The molecule has 23 heavy (non-hydrogen) atoms. The van der Waals surface area contributed by atoms with Gasteiger partial charge in [0, 0.05) is 26.2 Å². The van der Waals surface area contributed by atoms with Gasteiger partial charge in [0.1, 0.15) is 5.76 Å². The van der Waals surface area contributed by atoms with E-state index in [9.17, 15) is 9.59 Å². The predicted octanol–water partition coefficient (Wildman–Crippen LogP) is 2.62. The molecule has 0 saturated carbocycles. The van der Waals surface area contributed by atoms with Crippen molar-refractivity contribution in [2.45, 2.75) is 31.9 Å². The molecule has 1 aromatic rings. The highest BCUT2D eigenvalue weighted by Gasteiger charge is 2.51. The van der Waals surface area contributed by atoms with Crippen LogP contribution in [0, 0.1) is 5.41 Å². The van der Waals surface area contributed by atoms with Crippen LogP contribution in [0.3, 0.4) is 0 Å². The summed E-state index contributed by atoms with van der Waals surface area (Å²) in [5.74, 6) is 2.12. The topological polar surface area (TPSA) is 53.8 Å². The minimum Gasteiger partial charge on any atom is -0.455 e. The second kappa shape index (κ2) is 6.59. The summed E-state index contributed by atoms with van der Waals surface area (Å²) >= 11 is 1.66. The second-order valence-electron chi connectivity index (χ2n) is 6.50. The number of hydrogen-bond donors (Lipinski definition) is 0. The van der Waals surface area contributed by atoms with Crippen molar-refractivity contribution >= 4 is 23.6 Å². The van der Waals surface area contributed by atoms with Crippen LogP contribution in [0.2, 0.25) is 0 Å². The summed E-state index contributed by atoms with van der Waals surface area (Å²) in [4.78, 5) is 29.0. The largest absolute Gasteiger partial charge is 0.455 e. The van der Waals surface area contributed by atoms with Crippen molar-refractivity contribution in [2.75, 3.05) is 32.4 Å². The fraction of sp³-hybridized carbons (Fsp3) is 0.647. The van der Waals surface area contributed by atoms with Crippen molar-refractivity contribution < 1.29 is 14.0 Å². The monoisotopic (exact) mass is 336 g/mol. The minimum absolute atomic E-state index is 0.0871. The molecule has 0 aliphatic carbocycles. The number of hydrogen-bond acceptors (Lipinski definition) is 4. The van der Waals surface area contributed by atoms with E-state index in [0.717, 1.165) is 43.9 Å². The smallest absolute Gasteiger partial charge is 0.289 e. The van der Waals surface area contributed by atoms with E-state index in [1.165, 1.54) is 0 Å². The first kappa shape index (κ1) is 16.4. The maximum atomic E-state index is 12.7. The first-order valence-corrected chi connectivity index (χ1v) is 9.65. The number of nitrogens with zero attached hydrogens (tertiary/aromatic N) is 2. The number of rotatable bonds is 5. The van der Waals surface area contributed by atoms with Crippen molar-refractivity contribution in [2.24, 2.45) is 5.41 Å². The highest BCUT2D eigenvalue weighted by Crippen LogP contribution is 2.41. The molecular formula is C17H24N2O3S. The second-order valence-corrected chi connectivity index (χ2v) is 7.36. The lowest BCUT2D eigenvalue weighted by Gasteiger charge is -2.23. The molecule has 5 nitrogen and oxygen atoms in total. The fourth-order valence-corrected chi connectivity index (χ4v) is 4.11. The average molecular weight is 336 g/mol. The third-order valence-electron chi connectivity index (χ3n) is 4.89. The summed E-state index contributed by atoms with van der Waals surface area (Å²) in [7, 11) is 0. The first-order valence-electron chi connectivity index (χ1n) is 8.26. The van der Waals surface area contributed by atoms with Gasteiger partial charge in [0.2, 0.25) is 5.91 Å². The van der Waals surface area contributed by atoms with Gasteiger partial charge in [0.15, 0.2) is 5.76 Å². The molecule has 2 fully saturated rings. The van der Waals surface area contributed by atoms with Crippen LogP contribution in [-0.4, -0.2) is 54.0 Å². The maximum absolute atomic E-state index is 12.7. The molecule has 1 unspecified atom stereocenters. The zero-order valence-corrected chi connectivity index (χ0v) is 14.7. The number of likely N-dealkylation sites (tertiary alicyclic amines) is 2. The van der Waals surface area contributed by atoms with Crippen LogP contribution >= 0.6 is 11.8 Å². The van der Waals surface area contributed by atoms with Crippen molar-refractivity contribution in [3.05, 3.63) is 23.7 Å². The Labute approximate surface area is 141 Å². The van der Waals surface area contributed by atoms with Crippen LogP contribution < -0.4 is 0 Å². The van der Waals surface area contributed by atoms with Crippen LogP contribution in [0.4, 0.5) is 0 Å². The SMILES string of the molecule is CCCN1CCC2(CCN(C(=O)c3ccc(CSC)o3)C2)C1=O. The summed E-state index contributed by atoms with van der Waals surface area (Å²) in [5, 5.41) is 0. The predicted molar refractivity (Wildman–Crippen MR) is 90.4 cm³/mol. The van der Waals surface area contributed by atoms with Crippen molar-refractivity contribution in [3.63, 3.8) is 0 Å². The number of carbonyl (C=O) groups excluding carboxylic acids is 2. The molecule has 0 aromatic carbocycles. The zero-order chi connectivity index (χ0) is 16.4. The van der Waals surface area contributed by atoms with E-state index >= 15 is 0 Å². The first-order chi connectivity index (χ1) is 11.1. The lowest BCUT2D eigenvalue weighted by Crippen LogP contribution is -2.38. The zero-order valence-electron chi connectivity index (χ0n) is 13.8. The van der Waals surface area contributed by atoms with E-state index in [4.69, 9.17) is 4.42 Å². The van der Waals surface area contributed by atoms with Gasteiger partial charge in [-0.3, -0.25) is 9.59 Å². The molecule has 2 saturated heterocycles. The molecule has 3 rings (SSSR count). The summed E-state index contributed by atoms with van der Waals surface area (Å²) in [5.41, 5.74) is -0.348. The summed E-state index contributed by atoms with van der Waals surface area (Å²) in [6.45, 7) is 4.91. The lowest BCUT2D eigenvalue weighted by molar-refractivity contribution is -0.135. The third kappa shape index (κ3) is 3.01. The molecule has 2 amide bonds. The molecule has 2 aliphatic heterocycles. The molecule has 1 spiro atoms. The molecule has 1 aromatic heterocycles. The molecule has 1 atom stereocenters. The van der Waals surface area contributed by atoms with Gasteiger partial charge < -0.3 is 14.2 Å². The van der Waals surface area contributed by atoms with Gasteiger partial charge in [-0.15, -0.1) is 0 Å². The van der Waals surface area contributed by atoms with E-state index in [0.29, 0.717) is 18.8 Å². The fourth-order valence-electron chi connectivity index (χ4n) is 3.67. The van der Waals surface area contributed by atoms with Crippen molar-refractivity contribution in [1.82, 2.24) is 9.80 Å². The average Bonchev–Trinajstić information content (AvgIpc) is 3.24. The van der Waals surface area contributed by atoms with Crippen LogP contribution in [0.5, 0.6) is 0 Å².